The van der Waals surface area contributed by atoms with Crippen molar-refractivity contribution in [1.29, 1.82) is 0 Å². The molecule has 2 unspecified atom stereocenters. The summed E-state index contributed by atoms with van der Waals surface area (Å²) in [5, 5.41) is 3.56. The molecule has 2 fully saturated rings. The Balaban J connectivity index is 1.71. The zero-order valence-electron chi connectivity index (χ0n) is 11.9. The van der Waals surface area contributed by atoms with Crippen LogP contribution in [0.2, 0.25) is 0 Å². The van der Waals surface area contributed by atoms with Gasteiger partial charge >= 0.3 is 0 Å². The Morgan fingerprint density at radius 1 is 1.42 bits per heavy atom. The van der Waals surface area contributed by atoms with Crippen LogP contribution in [0.5, 0.6) is 0 Å². The lowest BCUT2D eigenvalue weighted by Gasteiger charge is -2.32. The minimum absolute atomic E-state index is 0.0662. The van der Waals surface area contributed by atoms with Gasteiger partial charge in [0.05, 0.1) is 0 Å². The fourth-order valence-corrected chi connectivity index (χ4v) is 3.77. The van der Waals surface area contributed by atoms with E-state index in [1.165, 1.54) is 23.2 Å². The van der Waals surface area contributed by atoms with Crippen LogP contribution in [0.3, 0.4) is 0 Å². The van der Waals surface area contributed by atoms with Crippen molar-refractivity contribution < 1.29 is 4.39 Å². The predicted octanol–water partition coefficient (Wildman–Crippen LogP) is 3.29. The molecule has 2 aliphatic rings. The van der Waals surface area contributed by atoms with Gasteiger partial charge in [-0.3, -0.25) is 4.90 Å². The second kappa shape index (κ2) is 4.78. The smallest absolute Gasteiger partial charge is 0.115 e. The molecule has 1 N–H and O–H groups in total. The minimum Gasteiger partial charge on any atom is -0.383 e. The molecule has 0 aromatic heterocycles. The van der Waals surface area contributed by atoms with Gasteiger partial charge in [0, 0.05) is 24.3 Å². The Morgan fingerprint density at radius 3 is 3.05 bits per heavy atom. The largest absolute Gasteiger partial charge is 0.383 e. The number of benzene rings is 1. The summed E-state index contributed by atoms with van der Waals surface area (Å²) in [5.74, 6) is 0. The number of hydrogen-bond donors (Lipinski definition) is 1. The number of nitrogens with one attached hydrogen (secondary N) is 1. The number of hydrogen-bond acceptors (Lipinski definition) is 2. The number of alkyl halides is 1. The van der Waals surface area contributed by atoms with E-state index in [2.05, 4.69) is 42.3 Å². The molecule has 2 heterocycles. The van der Waals surface area contributed by atoms with Gasteiger partial charge in [0.1, 0.15) is 6.17 Å². The maximum atomic E-state index is 13.7. The molecule has 2 aliphatic heterocycles. The average Bonchev–Trinajstić information content (AvgIpc) is 2.83. The van der Waals surface area contributed by atoms with E-state index in [-0.39, 0.29) is 5.54 Å². The summed E-state index contributed by atoms with van der Waals surface area (Å²) in [6.45, 7) is 6.81. The zero-order valence-corrected chi connectivity index (χ0v) is 11.9. The number of aryl methyl sites for hydroxylation is 2. The van der Waals surface area contributed by atoms with Crippen LogP contribution < -0.4 is 5.32 Å². The number of rotatable bonds is 3. The molecule has 3 rings (SSSR count). The lowest BCUT2D eigenvalue weighted by molar-refractivity contribution is 0.209. The summed E-state index contributed by atoms with van der Waals surface area (Å²) in [6.07, 6.45) is 2.40. The molecule has 0 spiro atoms. The van der Waals surface area contributed by atoms with E-state index in [0.29, 0.717) is 13.0 Å². The Hall–Kier alpha value is -1.09. The maximum absolute atomic E-state index is 13.7. The van der Waals surface area contributed by atoms with Crippen molar-refractivity contribution >= 4 is 5.69 Å². The van der Waals surface area contributed by atoms with E-state index in [1.807, 2.05) is 0 Å². The van der Waals surface area contributed by atoms with Crippen molar-refractivity contribution in [3.63, 3.8) is 0 Å². The van der Waals surface area contributed by atoms with Crippen molar-refractivity contribution in [3.05, 3.63) is 29.3 Å². The van der Waals surface area contributed by atoms with Crippen molar-refractivity contribution in [2.24, 2.45) is 0 Å². The van der Waals surface area contributed by atoms with Crippen LogP contribution in [0.25, 0.3) is 0 Å². The van der Waals surface area contributed by atoms with Crippen molar-refractivity contribution in [2.45, 2.75) is 44.8 Å². The normalized spacial score (nSPS) is 30.6. The lowest BCUT2D eigenvalue weighted by atomic mass is 9.93. The second-order valence-corrected chi connectivity index (χ2v) is 6.25. The van der Waals surface area contributed by atoms with E-state index in [0.717, 1.165) is 19.5 Å². The van der Waals surface area contributed by atoms with E-state index >= 15 is 0 Å². The number of halogens is 1. The summed E-state index contributed by atoms with van der Waals surface area (Å²) in [5.41, 5.74) is 3.81. The van der Waals surface area contributed by atoms with Crippen LogP contribution >= 0.6 is 0 Å². The molecule has 3 heteroatoms. The fourth-order valence-electron chi connectivity index (χ4n) is 3.77. The Kier molecular flexibility index (Phi) is 3.25. The van der Waals surface area contributed by atoms with Crippen LogP contribution in [0.15, 0.2) is 18.2 Å². The third-order valence-corrected chi connectivity index (χ3v) is 4.75. The van der Waals surface area contributed by atoms with Gasteiger partial charge < -0.3 is 5.32 Å². The van der Waals surface area contributed by atoms with Gasteiger partial charge in [-0.2, -0.15) is 0 Å². The standard InChI is InChI=1S/C16H23FN2/c1-12-4-5-15(13(2)8-12)18-11-16-6-3-7-19(16)10-14(17)9-16/h4-5,8,14,18H,3,6-7,9-11H2,1-2H3. The Labute approximate surface area is 115 Å². The number of fused-ring (bicyclic) bond motifs is 1. The first kappa shape index (κ1) is 12.9. The monoisotopic (exact) mass is 262 g/mol. The molecule has 0 saturated carbocycles. The van der Waals surface area contributed by atoms with Crippen molar-refractivity contribution in [3.8, 4) is 0 Å². The molecular formula is C16H23FN2. The number of nitrogens with zero attached hydrogens (tertiary/aromatic N) is 1. The van der Waals surface area contributed by atoms with E-state index in [4.69, 9.17) is 0 Å². The highest BCUT2D eigenvalue weighted by Gasteiger charge is 2.48. The van der Waals surface area contributed by atoms with Crippen molar-refractivity contribution in [2.75, 3.05) is 25.0 Å². The van der Waals surface area contributed by atoms with Gasteiger partial charge in [0.15, 0.2) is 0 Å². The Morgan fingerprint density at radius 2 is 2.26 bits per heavy atom. The summed E-state index contributed by atoms with van der Waals surface area (Å²) in [4.78, 5) is 2.36. The summed E-state index contributed by atoms with van der Waals surface area (Å²) < 4.78 is 13.7. The molecule has 19 heavy (non-hydrogen) atoms. The maximum Gasteiger partial charge on any atom is 0.115 e. The molecule has 1 aromatic rings. The highest BCUT2D eigenvalue weighted by atomic mass is 19.1. The first-order valence-corrected chi connectivity index (χ1v) is 7.29. The molecule has 2 atom stereocenters. The summed E-state index contributed by atoms with van der Waals surface area (Å²) >= 11 is 0. The zero-order chi connectivity index (χ0) is 13.5. The topological polar surface area (TPSA) is 15.3 Å². The highest BCUT2D eigenvalue weighted by Crippen LogP contribution is 2.40. The minimum atomic E-state index is -0.638. The van der Waals surface area contributed by atoms with Gasteiger partial charge in [-0.25, -0.2) is 4.39 Å². The predicted molar refractivity (Wildman–Crippen MR) is 77.5 cm³/mol. The first-order chi connectivity index (χ1) is 9.09. The molecule has 1 aromatic carbocycles. The third-order valence-electron chi connectivity index (χ3n) is 4.75. The lowest BCUT2D eigenvalue weighted by Crippen LogP contribution is -2.44. The molecule has 0 aliphatic carbocycles. The van der Waals surface area contributed by atoms with Crippen LogP contribution in [0.4, 0.5) is 10.1 Å². The molecule has 0 bridgehead atoms. The van der Waals surface area contributed by atoms with Crippen molar-refractivity contribution in [1.82, 2.24) is 4.90 Å². The highest BCUT2D eigenvalue weighted by molar-refractivity contribution is 5.52. The number of anilines is 1. The van der Waals surface area contributed by atoms with Crippen LogP contribution in [-0.2, 0) is 0 Å². The van der Waals surface area contributed by atoms with E-state index in [9.17, 15) is 4.39 Å². The Bertz CT molecular complexity index is 474. The molecule has 0 amide bonds. The molecule has 2 saturated heterocycles. The van der Waals surface area contributed by atoms with Crippen LogP contribution in [0, 0.1) is 13.8 Å². The van der Waals surface area contributed by atoms with E-state index in [1.54, 1.807) is 0 Å². The summed E-state index contributed by atoms with van der Waals surface area (Å²) in [6, 6.07) is 6.47. The van der Waals surface area contributed by atoms with Gasteiger partial charge in [-0.15, -0.1) is 0 Å². The van der Waals surface area contributed by atoms with Crippen LogP contribution in [0.1, 0.15) is 30.4 Å². The molecule has 104 valence electrons. The van der Waals surface area contributed by atoms with Gasteiger partial charge in [-0.1, -0.05) is 17.7 Å². The quantitative estimate of drug-likeness (QED) is 0.899. The molecule has 2 nitrogen and oxygen atoms in total. The SMILES string of the molecule is Cc1ccc(NCC23CCCN2CC(F)C3)c(C)c1. The first-order valence-electron chi connectivity index (χ1n) is 7.29. The summed E-state index contributed by atoms with van der Waals surface area (Å²) in [7, 11) is 0. The second-order valence-electron chi connectivity index (χ2n) is 6.25. The molecule has 0 radical (unpaired) electrons. The van der Waals surface area contributed by atoms with E-state index < -0.39 is 6.17 Å². The van der Waals surface area contributed by atoms with Crippen LogP contribution in [-0.4, -0.2) is 36.2 Å². The van der Waals surface area contributed by atoms with Gasteiger partial charge in [-0.05, 0) is 51.3 Å². The van der Waals surface area contributed by atoms with Gasteiger partial charge in [0.25, 0.3) is 0 Å². The molecular weight excluding hydrogens is 239 g/mol. The third kappa shape index (κ3) is 2.36. The fraction of sp³-hybridized carbons (Fsp3) is 0.625. The van der Waals surface area contributed by atoms with Gasteiger partial charge in [0.2, 0.25) is 0 Å². The average molecular weight is 262 g/mol.